The highest BCUT2D eigenvalue weighted by molar-refractivity contribution is 7.12. The van der Waals surface area contributed by atoms with E-state index in [2.05, 4.69) is 20.9 Å². The molecule has 156 valence electrons. The van der Waals surface area contributed by atoms with Gasteiger partial charge in [0.05, 0.1) is 32.7 Å². The fraction of sp³-hybridized carbons (Fsp3) is 0.0476. The van der Waals surface area contributed by atoms with Crippen molar-refractivity contribution in [1.29, 1.82) is 0 Å². The van der Waals surface area contributed by atoms with Crippen LogP contribution in [0.25, 0.3) is 5.69 Å². The minimum absolute atomic E-state index is 0.0613. The second-order valence-electron chi connectivity index (χ2n) is 6.46. The molecular formula is C21H15ClFN5O2S. The molecule has 4 aromatic rings. The lowest BCUT2D eigenvalue weighted by atomic mass is 10.2. The molecule has 0 fully saturated rings. The Kier molecular flexibility index (Phi) is 5.79. The van der Waals surface area contributed by atoms with Gasteiger partial charge in [-0.15, -0.1) is 16.4 Å². The van der Waals surface area contributed by atoms with Gasteiger partial charge in [0.15, 0.2) is 5.69 Å². The van der Waals surface area contributed by atoms with Crippen LogP contribution < -0.4 is 10.6 Å². The molecule has 0 unspecified atom stereocenters. The zero-order valence-electron chi connectivity index (χ0n) is 16.1. The number of para-hydroxylation sites is 2. The van der Waals surface area contributed by atoms with E-state index in [9.17, 15) is 14.0 Å². The largest absolute Gasteiger partial charge is 0.319 e. The Morgan fingerprint density at radius 2 is 1.74 bits per heavy atom. The molecule has 0 aliphatic carbocycles. The van der Waals surface area contributed by atoms with Crippen LogP contribution in [0.15, 0.2) is 60.0 Å². The van der Waals surface area contributed by atoms with E-state index in [1.807, 2.05) is 5.38 Å². The standard InChI is InChI=1S/C21H15ClFN5O2S/c1-12-19(26-27-28(12)13-8-9-15(23)14(22)11-13)21(30)25-17-6-3-2-5-16(17)24-20(29)18-7-4-10-31-18/h2-11H,1H3,(H,24,29)(H,25,30). The van der Waals surface area contributed by atoms with E-state index >= 15 is 0 Å². The molecule has 4 rings (SSSR count). The van der Waals surface area contributed by atoms with E-state index in [1.165, 1.54) is 34.2 Å². The van der Waals surface area contributed by atoms with Crippen LogP contribution in [-0.2, 0) is 0 Å². The molecule has 0 aliphatic rings. The molecule has 0 bridgehead atoms. The molecule has 7 nitrogen and oxygen atoms in total. The summed E-state index contributed by atoms with van der Waals surface area (Å²) in [6, 6.07) is 14.4. The molecule has 0 radical (unpaired) electrons. The second-order valence-corrected chi connectivity index (χ2v) is 7.82. The summed E-state index contributed by atoms with van der Waals surface area (Å²) in [6.07, 6.45) is 0. The fourth-order valence-electron chi connectivity index (χ4n) is 2.88. The zero-order chi connectivity index (χ0) is 22.0. The summed E-state index contributed by atoms with van der Waals surface area (Å²) < 4.78 is 14.8. The van der Waals surface area contributed by atoms with Gasteiger partial charge in [0.1, 0.15) is 5.82 Å². The SMILES string of the molecule is Cc1c(C(=O)Nc2ccccc2NC(=O)c2cccs2)nnn1-c1ccc(F)c(Cl)c1. The highest BCUT2D eigenvalue weighted by atomic mass is 35.5. The van der Waals surface area contributed by atoms with E-state index in [-0.39, 0.29) is 16.6 Å². The molecule has 0 saturated heterocycles. The van der Waals surface area contributed by atoms with Crippen LogP contribution in [0.1, 0.15) is 25.9 Å². The third-order valence-electron chi connectivity index (χ3n) is 4.43. The number of hydrogen-bond donors (Lipinski definition) is 2. The second kappa shape index (κ2) is 8.66. The Hall–Kier alpha value is -3.56. The van der Waals surface area contributed by atoms with Crippen molar-refractivity contribution < 1.29 is 14.0 Å². The Labute approximate surface area is 185 Å². The van der Waals surface area contributed by atoms with E-state index in [4.69, 9.17) is 11.6 Å². The van der Waals surface area contributed by atoms with Gasteiger partial charge in [-0.2, -0.15) is 0 Å². The van der Waals surface area contributed by atoms with Crippen molar-refractivity contribution in [2.45, 2.75) is 6.92 Å². The first kappa shape index (κ1) is 20.7. The number of benzene rings is 2. The van der Waals surface area contributed by atoms with Gasteiger partial charge < -0.3 is 10.6 Å². The maximum atomic E-state index is 13.4. The van der Waals surface area contributed by atoms with Crippen LogP contribution in [-0.4, -0.2) is 26.8 Å². The van der Waals surface area contributed by atoms with Crippen LogP contribution >= 0.6 is 22.9 Å². The lowest BCUT2D eigenvalue weighted by molar-refractivity contribution is 0.101. The van der Waals surface area contributed by atoms with Crippen molar-refractivity contribution >= 4 is 46.1 Å². The van der Waals surface area contributed by atoms with Gasteiger partial charge in [-0.3, -0.25) is 9.59 Å². The average Bonchev–Trinajstić information content (AvgIpc) is 3.42. The van der Waals surface area contributed by atoms with Crippen LogP contribution in [0, 0.1) is 12.7 Å². The smallest absolute Gasteiger partial charge is 0.278 e. The molecule has 10 heteroatoms. The summed E-state index contributed by atoms with van der Waals surface area (Å²) >= 11 is 7.16. The van der Waals surface area contributed by atoms with Crippen LogP contribution in [0.5, 0.6) is 0 Å². The Bertz CT molecular complexity index is 1270. The lowest BCUT2D eigenvalue weighted by Crippen LogP contribution is -2.17. The van der Waals surface area contributed by atoms with Gasteiger partial charge in [-0.1, -0.05) is 35.0 Å². The Morgan fingerprint density at radius 3 is 2.39 bits per heavy atom. The number of anilines is 2. The first-order valence-electron chi connectivity index (χ1n) is 9.07. The fourth-order valence-corrected chi connectivity index (χ4v) is 3.67. The molecular weight excluding hydrogens is 441 g/mol. The van der Waals surface area contributed by atoms with E-state index in [0.29, 0.717) is 27.6 Å². The lowest BCUT2D eigenvalue weighted by Gasteiger charge is -2.11. The number of amides is 2. The number of nitrogens with one attached hydrogen (secondary N) is 2. The van der Waals surface area contributed by atoms with Gasteiger partial charge in [-0.05, 0) is 48.7 Å². The van der Waals surface area contributed by atoms with Gasteiger partial charge >= 0.3 is 0 Å². The highest BCUT2D eigenvalue weighted by Gasteiger charge is 2.19. The van der Waals surface area contributed by atoms with Gasteiger partial charge in [0.2, 0.25) is 0 Å². The maximum absolute atomic E-state index is 13.4. The van der Waals surface area contributed by atoms with Crippen molar-refractivity contribution in [3.05, 3.63) is 87.1 Å². The highest BCUT2D eigenvalue weighted by Crippen LogP contribution is 2.24. The summed E-state index contributed by atoms with van der Waals surface area (Å²) in [5, 5.41) is 15.2. The molecule has 0 spiro atoms. The van der Waals surface area contributed by atoms with Crippen molar-refractivity contribution in [2.24, 2.45) is 0 Å². The summed E-state index contributed by atoms with van der Waals surface area (Å²) in [5.74, 6) is -1.33. The number of aromatic nitrogens is 3. The first-order valence-corrected chi connectivity index (χ1v) is 10.3. The Balaban J connectivity index is 1.56. The number of carbonyl (C=O) groups excluding carboxylic acids is 2. The average molecular weight is 456 g/mol. The van der Waals surface area contributed by atoms with Crippen LogP contribution in [0.2, 0.25) is 5.02 Å². The minimum atomic E-state index is -0.553. The molecule has 2 N–H and O–H groups in total. The molecule has 2 heterocycles. The molecule has 2 aromatic carbocycles. The normalized spacial score (nSPS) is 10.7. The van der Waals surface area contributed by atoms with Crippen molar-refractivity contribution in [3.63, 3.8) is 0 Å². The van der Waals surface area contributed by atoms with E-state index < -0.39 is 11.7 Å². The molecule has 2 aromatic heterocycles. The number of rotatable bonds is 5. The maximum Gasteiger partial charge on any atom is 0.278 e. The van der Waals surface area contributed by atoms with Gasteiger partial charge in [-0.25, -0.2) is 9.07 Å². The predicted octanol–water partition coefficient (Wildman–Crippen LogP) is 4.93. The van der Waals surface area contributed by atoms with Crippen LogP contribution in [0.3, 0.4) is 0 Å². The number of nitrogens with zero attached hydrogens (tertiary/aromatic N) is 3. The predicted molar refractivity (Wildman–Crippen MR) is 118 cm³/mol. The monoisotopic (exact) mass is 455 g/mol. The zero-order valence-corrected chi connectivity index (χ0v) is 17.7. The molecule has 0 atom stereocenters. The topological polar surface area (TPSA) is 88.9 Å². The summed E-state index contributed by atoms with van der Waals surface area (Å²) in [7, 11) is 0. The molecule has 0 saturated carbocycles. The third-order valence-corrected chi connectivity index (χ3v) is 5.58. The summed E-state index contributed by atoms with van der Waals surface area (Å²) in [6.45, 7) is 1.66. The minimum Gasteiger partial charge on any atom is -0.319 e. The summed E-state index contributed by atoms with van der Waals surface area (Å²) in [5.41, 5.74) is 1.86. The van der Waals surface area contributed by atoms with Crippen LogP contribution in [0.4, 0.5) is 15.8 Å². The molecule has 31 heavy (non-hydrogen) atoms. The number of halogens is 2. The Morgan fingerprint density at radius 1 is 1.03 bits per heavy atom. The van der Waals surface area contributed by atoms with Gasteiger partial charge in [0, 0.05) is 0 Å². The van der Waals surface area contributed by atoms with E-state index in [1.54, 1.807) is 43.3 Å². The molecule has 2 amide bonds. The van der Waals surface area contributed by atoms with Gasteiger partial charge in [0.25, 0.3) is 11.8 Å². The van der Waals surface area contributed by atoms with Crippen molar-refractivity contribution in [3.8, 4) is 5.69 Å². The summed E-state index contributed by atoms with van der Waals surface area (Å²) in [4.78, 5) is 25.8. The third kappa shape index (κ3) is 4.32. The van der Waals surface area contributed by atoms with Crippen molar-refractivity contribution in [2.75, 3.05) is 10.6 Å². The number of thiophene rings is 1. The molecule has 0 aliphatic heterocycles. The van der Waals surface area contributed by atoms with Crippen molar-refractivity contribution in [1.82, 2.24) is 15.0 Å². The number of carbonyl (C=O) groups is 2. The first-order chi connectivity index (χ1) is 14.9. The quantitative estimate of drug-likeness (QED) is 0.446. The van der Waals surface area contributed by atoms with E-state index in [0.717, 1.165) is 0 Å². The number of hydrogen-bond acceptors (Lipinski definition) is 5.